The van der Waals surface area contributed by atoms with Crippen molar-refractivity contribution >= 4 is 0 Å². The van der Waals surface area contributed by atoms with Gasteiger partial charge in [-0.3, -0.25) is 0 Å². The summed E-state index contributed by atoms with van der Waals surface area (Å²) in [6, 6.07) is 0. The molecule has 0 atom stereocenters. The third kappa shape index (κ3) is 728. The summed E-state index contributed by atoms with van der Waals surface area (Å²) < 4.78 is 0. The summed E-state index contributed by atoms with van der Waals surface area (Å²) >= 11 is 0. The SMILES string of the molecule is CC(C)(C)[O-].CC(C)(C)[O-].CC(C)(C)[O-].[Na+].[Na+].[Na+]. The third-order valence-corrected chi connectivity index (χ3v) is 0. The molecular formula is C12H27Na3O3. The van der Waals surface area contributed by atoms with Crippen molar-refractivity contribution in [3.63, 3.8) is 0 Å². The van der Waals surface area contributed by atoms with E-state index in [4.69, 9.17) is 0 Å². The number of hydrogen-bond acceptors (Lipinski definition) is 3. The van der Waals surface area contributed by atoms with E-state index in [-0.39, 0.29) is 88.7 Å². The molecule has 0 rings (SSSR count). The first-order valence-corrected chi connectivity index (χ1v) is 5.11. The molecular weight excluding hydrogens is 261 g/mol. The zero-order valence-electron chi connectivity index (χ0n) is 14.7. The van der Waals surface area contributed by atoms with Gasteiger partial charge >= 0.3 is 88.7 Å². The van der Waals surface area contributed by atoms with E-state index in [1.165, 1.54) is 0 Å². The Morgan fingerprint density at radius 1 is 0.389 bits per heavy atom. The maximum atomic E-state index is 10.1. The molecule has 0 aromatic rings. The summed E-state index contributed by atoms with van der Waals surface area (Å²) in [7, 11) is 0. The van der Waals surface area contributed by atoms with Crippen LogP contribution in [0, 0.1) is 0 Å². The van der Waals surface area contributed by atoms with Crippen LogP contribution in [0.3, 0.4) is 0 Å². The Morgan fingerprint density at radius 3 is 0.389 bits per heavy atom. The first-order valence-electron chi connectivity index (χ1n) is 5.11. The second kappa shape index (κ2) is 16.3. The first-order chi connectivity index (χ1) is 6.00. The smallest absolute Gasteiger partial charge is 0.850 e. The van der Waals surface area contributed by atoms with Crippen molar-refractivity contribution in [2.24, 2.45) is 0 Å². The van der Waals surface area contributed by atoms with Crippen LogP contribution in [0.25, 0.3) is 0 Å². The van der Waals surface area contributed by atoms with E-state index >= 15 is 0 Å². The molecule has 0 aliphatic carbocycles. The van der Waals surface area contributed by atoms with Gasteiger partial charge in [-0.15, -0.1) is 16.8 Å². The second-order valence-corrected chi connectivity index (χ2v) is 6.34. The van der Waals surface area contributed by atoms with Crippen LogP contribution in [0.1, 0.15) is 62.3 Å². The molecule has 3 nitrogen and oxygen atoms in total. The van der Waals surface area contributed by atoms with Crippen LogP contribution < -0.4 is 104 Å². The van der Waals surface area contributed by atoms with Crippen LogP contribution in [-0.2, 0) is 0 Å². The Hall–Kier alpha value is 2.88. The minimum Gasteiger partial charge on any atom is -0.850 e. The van der Waals surface area contributed by atoms with Crippen LogP contribution in [0.2, 0.25) is 0 Å². The van der Waals surface area contributed by atoms with Gasteiger partial charge in [0.1, 0.15) is 0 Å². The predicted molar refractivity (Wildman–Crippen MR) is 59.3 cm³/mol. The fourth-order valence-electron chi connectivity index (χ4n) is 0. The molecule has 0 unspecified atom stereocenters. The largest absolute Gasteiger partial charge is 1.00 e. The van der Waals surface area contributed by atoms with Gasteiger partial charge in [-0.1, -0.05) is 62.3 Å². The Bertz CT molecular complexity index is 97.6. The molecule has 96 valence electrons. The summed E-state index contributed by atoms with van der Waals surface area (Å²) in [5, 5.41) is 30.3. The van der Waals surface area contributed by atoms with Crippen LogP contribution >= 0.6 is 0 Å². The average molecular weight is 288 g/mol. The molecule has 0 aromatic heterocycles. The molecule has 6 heteroatoms. The summed E-state index contributed by atoms with van der Waals surface area (Å²) in [5.41, 5.74) is -2.25. The van der Waals surface area contributed by atoms with Crippen molar-refractivity contribution in [2.75, 3.05) is 0 Å². The van der Waals surface area contributed by atoms with E-state index < -0.39 is 16.8 Å². The zero-order valence-corrected chi connectivity index (χ0v) is 20.7. The van der Waals surface area contributed by atoms with E-state index in [2.05, 4.69) is 0 Å². The van der Waals surface area contributed by atoms with Crippen molar-refractivity contribution in [1.82, 2.24) is 0 Å². The Balaban J connectivity index is -0.0000000277. The maximum absolute atomic E-state index is 10.1. The Kier molecular flexibility index (Phi) is 33.7. The molecule has 0 radical (unpaired) electrons. The molecule has 0 saturated heterocycles. The minimum absolute atomic E-state index is 0. The molecule has 0 aliphatic rings. The minimum atomic E-state index is -0.750. The van der Waals surface area contributed by atoms with E-state index in [1.54, 1.807) is 62.3 Å². The Morgan fingerprint density at radius 2 is 0.389 bits per heavy atom. The van der Waals surface area contributed by atoms with Crippen LogP contribution in [-0.4, -0.2) is 16.8 Å². The third-order valence-electron chi connectivity index (χ3n) is 0. The predicted octanol–water partition coefficient (Wildman–Crippen LogP) is -8.55. The zero-order chi connectivity index (χ0) is 13.5. The van der Waals surface area contributed by atoms with Crippen molar-refractivity contribution < 1.29 is 104 Å². The molecule has 0 saturated carbocycles. The van der Waals surface area contributed by atoms with Crippen molar-refractivity contribution in [3.8, 4) is 0 Å². The van der Waals surface area contributed by atoms with Crippen molar-refractivity contribution in [1.29, 1.82) is 0 Å². The summed E-state index contributed by atoms with van der Waals surface area (Å²) in [6.07, 6.45) is 0. The van der Waals surface area contributed by atoms with Gasteiger partial charge in [0.05, 0.1) is 0 Å². The summed E-state index contributed by atoms with van der Waals surface area (Å²) in [4.78, 5) is 0. The van der Waals surface area contributed by atoms with Gasteiger partial charge in [-0.25, -0.2) is 0 Å². The molecule has 0 heterocycles. The van der Waals surface area contributed by atoms with E-state index in [1.807, 2.05) is 0 Å². The van der Waals surface area contributed by atoms with Gasteiger partial charge in [0.25, 0.3) is 0 Å². The molecule has 0 N–H and O–H groups in total. The molecule has 0 amide bonds. The molecule has 0 bridgehead atoms. The van der Waals surface area contributed by atoms with Gasteiger partial charge in [0.2, 0.25) is 0 Å². The van der Waals surface area contributed by atoms with Crippen molar-refractivity contribution in [3.05, 3.63) is 0 Å². The molecule has 0 aliphatic heterocycles. The maximum Gasteiger partial charge on any atom is 1.00 e. The van der Waals surface area contributed by atoms with Crippen LogP contribution in [0.4, 0.5) is 0 Å². The van der Waals surface area contributed by atoms with Gasteiger partial charge in [-0.2, -0.15) is 0 Å². The average Bonchev–Trinajstić information content (AvgIpc) is 1.41. The summed E-state index contributed by atoms with van der Waals surface area (Å²) in [6.45, 7) is 14.7. The van der Waals surface area contributed by atoms with E-state index in [0.717, 1.165) is 0 Å². The monoisotopic (exact) mass is 288 g/mol. The van der Waals surface area contributed by atoms with Crippen LogP contribution in [0.15, 0.2) is 0 Å². The van der Waals surface area contributed by atoms with Gasteiger partial charge in [0, 0.05) is 0 Å². The quantitative estimate of drug-likeness (QED) is 0.416. The topological polar surface area (TPSA) is 69.2 Å². The molecule has 0 aromatic carbocycles. The molecule has 18 heavy (non-hydrogen) atoms. The molecule has 0 fully saturated rings. The number of hydrogen-bond donors (Lipinski definition) is 0. The fraction of sp³-hybridized carbons (Fsp3) is 1.00. The van der Waals surface area contributed by atoms with Crippen LogP contribution in [0.5, 0.6) is 0 Å². The summed E-state index contributed by atoms with van der Waals surface area (Å²) in [5.74, 6) is 0. The standard InChI is InChI=1S/3C4H9O.3Na/c3*1-4(2,3)5;;;/h3*1-3H3;;;/q3*-1;3*+1. The fourth-order valence-corrected chi connectivity index (χ4v) is 0. The van der Waals surface area contributed by atoms with E-state index in [9.17, 15) is 15.3 Å². The van der Waals surface area contributed by atoms with Gasteiger partial charge in [-0.05, 0) is 0 Å². The van der Waals surface area contributed by atoms with Crippen molar-refractivity contribution in [2.45, 2.75) is 79.1 Å². The van der Waals surface area contributed by atoms with E-state index in [0.29, 0.717) is 0 Å². The molecule has 0 spiro atoms. The Labute approximate surface area is 180 Å². The van der Waals surface area contributed by atoms with Gasteiger partial charge in [0.15, 0.2) is 0 Å². The normalized spacial score (nSPS) is 10.0. The number of rotatable bonds is 0. The second-order valence-electron chi connectivity index (χ2n) is 6.34. The van der Waals surface area contributed by atoms with Gasteiger partial charge < -0.3 is 15.3 Å². The first kappa shape index (κ1) is 37.3.